The summed E-state index contributed by atoms with van der Waals surface area (Å²) in [6, 6.07) is 13.3. The normalized spacial score (nSPS) is 10.7. The van der Waals surface area contributed by atoms with Gasteiger partial charge in [0.25, 0.3) is 0 Å². The van der Waals surface area contributed by atoms with Gasteiger partial charge >= 0.3 is 0 Å². The Morgan fingerprint density at radius 1 is 1.09 bits per heavy atom. The van der Waals surface area contributed by atoms with Crippen LogP contribution >= 0.6 is 0 Å². The smallest absolute Gasteiger partial charge is 0.235 e. The molecule has 116 valence electrons. The van der Waals surface area contributed by atoms with Gasteiger partial charge in [-0.15, -0.1) is 0 Å². The number of hydrogen-bond acceptors (Lipinski definition) is 3. The lowest BCUT2D eigenvalue weighted by atomic mass is 10.1. The molecule has 3 rings (SSSR count). The molecule has 0 aliphatic rings. The average molecular weight is 306 g/mol. The van der Waals surface area contributed by atoms with Crippen molar-refractivity contribution < 1.29 is 9.15 Å². The first kappa shape index (κ1) is 15.1. The van der Waals surface area contributed by atoms with Crippen molar-refractivity contribution in [3.63, 3.8) is 0 Å². The van der Waals surface area contributed by atoms with Gasteiger partial charge in [0.05, 0.1) is 5.39 Å². The maximum absolute atomic E-state index is 12.8. The minimum atomic E-state index is -0.163. The Balaban J connectivity index is 2.30. The Bertz CT molecular complexity index is 918. The highest BCUT2D eigenvalue weighted by Crippen LogP contribution is 2.31. The highest BCUT2D eigenvalue weighted by atomic mass is 16.5. The number of hydrogen-bond donors (Lipinski definition) is 0. The lowest BCUT2D eigenvalue weighted by Crippen LogP contribution is -2.10. The van der Waals surface area contributed by atoms with E-state index >= 15 is 0 Å². The van der Waals surface area contributed by atoms with Crippen molar-refractivity contribution in [2.75, 3.05) is 6.61 Å². The van der Waals surface area contributed by atoms with Gasteiger partial charge in [-0.1, -0.05) is 48.6 Å². The lowest BCUT2D eigenvalue weighted by Gasteiger charge is -2.11. The minimum absolute atomic E-state index is 0.163. The molecule has 0 spiro atoms. The van der Waals surface area contributed by atoms with Crippen LogP contribution in [0.2, 0.25) is 0 Å². The highest BCUT2D eigenvalue weighted by Gasteiger charge is 2.17. The second-order valence-corrected chi connectivity index (χ2v) is 5.55. The summed E-state index contributed by atoms with van der Waals surface area (Å²) in [5, 5.41) is 0.519. The van der Waals surface area contributed by atoms with E-state index in [1.54, 1.807) is 12.1 Å². The van der Waals surface area contributed by atoms with Crippen LogP contribution in [0.1, 0.15) is 11.1 Å². The van der Waals surface area contributed by atoms with Gasteiger partial charge in [-0.05, 0) is 31.5 Å². The molecule has 0 N–H and O–H groups in total. The largest absolute Gasteiger partial charge is 0.482 e. The molecule has 2 aromatic carbocycles. The van der Waals surface area contributed by atoms with Crippen LogP contribution in [0.15, 0.2) is 64.3 Å². The van der Waals surface area contributed by atoms with E-state index in [2.05, 4.69) is 6.58 Å². The van der Waals surface area contributed by atoms with Crippen molar-refractivity contribution >= 4 is 11.0 Å². The first-order valence-electron chi connectivity index (χ1n) is 7.48. The van der Waals surface area contributed by atoms with Gasteiger partial charge in [-0.2, -0.15) is 0 Å². The Morgan fingerprint density at radius 2 is 1.78 bits per heavy atom. The maximum atomic E-state index is 12.8. The summed E-state index contributed by atoms with van der Waals surface area (Å²) in [4.78, 5) is 12.8. The van der Waals surface area contributed by atoms with E-state index in [0.717, 1.165) is 16.7 Å². The van der Waals surface area contributed by atoms with E-state index < -0.39 is 0 Å². The molecule has 0 bridgehead atoms. The summed E-state index contributed by atoms with van der Waals surface area (Å²) in [7, 11) is 0. The molecule has 1 aromatic heterocycles. The molecule has 0 aliphatic heterocycles. The van der Waals surface area contributed by atoms with Crippen molar-refractivity contribution in [3.8, 4) is 17.1 Å². The third kappa shape index (κ3) is 2.90. The standard InChI is InChI=1S/C20H18O3/c1-4-11-22-20-18(21)16-10-7-14(3)12-17(16)23-19(20)15-8-5-13(2)6-9-15/h4-10,12H,1,11H2,2-3H3. The topological polar surface area (TPSA) is 39.4 Å². The van der Waals surface area contributed by atoms with Crippen molar-refractivity contribution in [1.29, 1.82) is 0 Å². The van der Waals surface area contributed by atoms with E-state index in [1.807, 2.05) is 50.2 Å². The first-order valence-corrected chi connectivity index (χ1v) is 7.48. The van der Waals surface area contributed by atoms with E-state index in [0.29, 0.717) is 16.7 Å². The van der Waals surface area contributed by atoms with E-state index in [9.17, 15) is 4.79 Å². The van der Waals surface area contributed by atoms with Crippen LogP contribution in [0.5, 0.6) is 5.75 Å². The van der Waals surface area contributed by atoms with Gasteiger partial charge in [-0.25, -0.2) is 0 Å². The van der Waals surface area contributed by atoms with Crippen molar-refractivity contribution in [2.45, 2.75) is 13.8 Å². The molecule has 0 atom stereocenters. The Hall–Kier alpha value is -2.81. The molecule has 0 radical (unpaired) electrons. The number of benzene rings is 2. The van der Waals surface area contributed by atoms with E-state index in [-0.39, 0.29) is 17.8 Å². The molecule has 3 aromatic rings. The summed E-state index contributed by atoms with van der Waals surface area (Å²) >= 11 is 0. The zero-order valence-electron chi connectivity index (χ0n) is 13.3. The van der Waals surface area contributed by atoms with E-state index in [4.69, 9.17) is 9.15 Å². The van der Waals surface area contributed by atoms with Crippen LogP contribution in [0.4, 0.5) is 0 Å². The number of rotatable bonds is 4. The number of ether oxygens (including phenoxy) is 1. The predicted octanol–water partition coefficient (Wildman–Crippen LogP) is 4.64. The second-order valence-electron chi connectivity index (χ2n) is 5.55. The van der Waals surface area contributed by atoms with Crippen LogP contribution in [0.3, 0.4) is 0 Å². The maximum Gasteiger partial charge on any atom is 0.235 e. The predicted molar refractivity (Wildman–Crippen MR) is 93.1 cm³/mol. The summed E-state index contributed by atoms with van der Waals surface area (Å²) in [6.45, 7) is 7.86. The molecule has 0 unspecified atom stereocenters. The van der Waals surface area contributed by atoms with Crippen molar-refractivity contribution in [2.24, 2.45) is 0 Å². The van der Waals surface area contributed by atoms with Crippen LogP contribution in [0.25, 0.3) is 22.3 Å². The molecule has 0 saturated heterocycles. The Morgan fingerprint density at radius 3 is 2.48 bits per heavy atom. The van der Waals surface area contributed by atoms with Crippen LogP contribution in [0, 0.1) is 13.8 Å². The lowest BCUT2D eigenvalue weighted by molar-refractivity contribution is 0.351. The van der Waals surface area contributed by atoms with Gasteiger partial charge < -0.3 is 9.15 Å². The van der Waals surface area contributed by atoms with Crippen molar-refractivity contribution in [1.82, 2.24) is 0 Å². The van der Waals surface area contributed by atoms with Crippen LogP contribution < -0.4 is 10.2 Å². The van der Waals surface area contributed by atoms with Gasteiger partial charge in [0.2, 0.25) is 11.2 Å². The fourth-order valence-corrected chi connectivity index (χ4v) is 2.45. The van der Waals surface area contributed by atoms with E-state index in [1.165, 1.54) is 0 Å². The first-order chi connectivity index (χ1) is 11.1. The fourth-order valence-electron chi connectivity index (χ4n) is 2.45. The molecule has 3 nitrogen and oxygen atoms in total. The fraction of sp³-hybridized carbons (Fsp3) is 0.150. The van der Waals surface area contributed by atoms with Gasteiger partial charge in [0.1, 0.15) is 12.2 Å². The zero-order valence-corrected chi connectivity index (χ0v) is 13.3. The SMILES string of the molecule is C=CCOc1c(-c2ccc(C)cc2)oc2cc(C)ccc2c1=O. The van der Waals surface area contributed by atoms with Crippen LogP contribution in [-0.2, 0) is 0 Å². The average Bonchev–Trinajstić information content (AvgIpc) is 2.54. The second kappa shape index (κ2) is 6.13. The molecule has 1 heterocycles. The minimum Gasteiger partial charge on any atom is -0.482 e. The molecule has 0 amide bonds. The zero-order chi connectivity index (χ0) is 16.4. The molecule has 0 aliphatic carbocycles. The van der Waals surface area contributed by atoms with Gasteiger partial charge in [-0.3, -0.25) is 4.79 Å². The molecule has 3 heteroatoms. The van der Waals surface area contributed by atoms with Crippen molar-refractivity contribution in [3.05, 3.63) is 76.5 Å². The van der Waals surface area contributed by atoms with Gasteiger partial charge in [0.15, 0.2) is 5.76 Å². The molecule has 23 heavy (non-hydrogen) atoms. The molecule has 0 fully saturated rings. The summed E-state index contributed by atoms with van der Waals surface area (Å²) in [5.74, 6) is 0.681. The number of fused-ring (bicyclic) bond motifs is 1. The molecular formula is C20H18O3. The quantitative estimate of drug-likeness (QED) is 0.659. The Labute approximate surface area is 134 Å². The third-order valence-corrected chi connectivity index (χ3v) is 3.67. The van der Waals surface area contributed by atoms with Crippen LogP contribution in [-0.4, -0.2) is 6.61 Å². The summed E-state index contributed by atoms with van der Waals surface area (Å²) in [6.07, 6.45) is 1.61. The summed E-state index contributed by atoms with van der Waals surface area (Å²) < 4.78 is 11.6. The Kier molecular flexibility index (Phi) is 4.02. The molecule has 0 saturated carbocycles. The van der Waals surface area contributed by atoms with Gasteiger partial charge in [0, 0.05) is 5.56 Å². The number of aryl methyl sites for hydroxylation is 2. The monoisotopic (exact) mass is 306 g/mol. The summed E-state index contributed by atoms with van der Waals surface area (Å²) in [5.41, 5.74) is 3.40. The highest BCUT2D eigenvalue weighted by molar-refractivity contribution is 5.82. The third-order valence-electron chi connectivity index (χ3n) is 3.67. The molecular weight excluding hydrogens is 288 g/mol.